The van der Waals surface area contributed by atoms with Crippen LogP contribution in [0.5, 0.6) is 0 Å². The van der Waals surface area contributed by atoms with Gasteiger partial charge in [0.2, 0.25) is 0 Å². The van der Waals surface area contributed by atoms with Crippen molar-refractivity contribution in [3.8, 4) is 0 Å². The van der Waals surface area contributed by atoms with Crippen molar-refractivity contribution < 1.29 is 4.39 Å². The molecule has 18 heavy (non-hydrogen) atoms. The van der Waals surface area contributed by atoms with Crippen molar-refractivity contribution in [2.24, 2.45) is 5.73 Å². The van der Waals surface area contributed by atoms with Crippen LogP contribution in [0.4, 0.5) is 4.39 Å². The highest BCUT2D eigenvalue weighted by atomic mass is 19.1. The van der Waals surface area contributed by atoms with Crippen LogP contribution in [-0.4, -0.2) is 4.98 Å². The van der Waals surface area contributed by atoms with Crippen molar-refractivity contribution >= 4 is 0 Å². The van der Waals surface area contributed by atoms with Gasteiger partial charge in [-0.25, -0.2) is 4.39 Å². The zero-order valence-electron chi connectivity index (χ0n) is 10.7. The number of aromatic nitrogens is 1. The second kappa shape index (κ2) is 5.27. The molecule has 0 bridgehead atoms. The molecule has 0 fully saturated rings. The van der Waals surface area contributed by atoms with Crippen molar-refractivity contribution in [2.75, 3.05) is 0 Å². The van der Waals surface area contributed by atoms with Crippen molar-refractivity contribution in [3.63, 3.8) is 0 Å². The van der Waals surface area contributed by atoms with Crippen LogP contribution in [0.1, 0.15) is 28.4 Å². The highest BCUT2D eigenvalue weighted by Crippen LogP contribution is 2.18. The van der Waals surface area contributed by atoms with Gasteiger partial charge in [0.05, 0.1) is 11.7 Å². The van der Waals surface area contributed by atoms with Crippen LogP contribution >= 0.6 is 0 Å². The normalized spacial score (nSPS) is 12.4. The Balaban J connectivity index is 2.16. The van der Waals surface area contributed by atoms with Gasteiger partial charge in [0.25, 0.3) is 0 Å². The fourth-order valence-corrected chi connectivity index (χ4v) is 2.09. The van der Waals surface area contributed by atoms with Gasteiger partial charge in [-0.1, -0.05) is 18.2 Å². The average Bonchev–Trinajstić information content (AvgIpc) is 2.32. The minimum absolute atomic E-state index is 0.156. The Morgan fingerprint density at radius 1 is 1.22 bits per heavy atom. The van der Waals surface area contributed by atoms with E-state index in [2.05, 4.69) is 11.1 Å². The Morgan fingerprint density at radius 3 is 2.50 bits per heavy atom. The third-order valence-electron chi connectivity index (χ3n) is 2.98. The van der Waals surface area contributed by atoms with E-state index in [1.807, 2.05) is 20.0 Å². The van der Waals surface area contributed by atoms with Gasteiger partial charge in [-0.05, 0) is 49.1 Å². The van der Waals surface area contributed by atoms with Crippen LogP contribution in [0, 0.1) is 19.7 Å². The number of pyridine rings is 1. The largest absolute Gasteiger partial charge is 0.322 e. The lowest BCUT2D eigenvalue weighted by molar-refractivity contribution is 0.625. The molecule has 0 aliphatic carbocycles. The lowest BCUT2D eigenvalue weighted by Gasteiger charge is -2.14. The number of benzene rings is 1. The lowest BCUT2D eigenvalue weighted by Crippen LogP contribution is -2.16. The number of aryl methyl sites for hydroxylation is 2. The fourth-order valence-electron chi connectivity index (χ4n) is 2.09. The van der Waals surface area contributed by atoms with Crippen molar-refractivity contribution in [3.05, 3.63) is 64.7 Å². The number of nitrogens with two attached hydrogens (primary N) is 1. The van der Waals surface area contributed by atoms with Gasteiger partial charge in [-0.3, -0.25) is 4.98 Å². The molecule has 3 heteroatoms. The van der Waals surface area contributed by atoms with E-state index in [-0.39, 0.29) is 11.9 Å². The Hall–Kier alpha value is -1.74. The average molecular weight is 244 g/mol. The summed E-state index contributed by atoms with van der Waals surface area (Å²) in [7, 11) is 0. The van der Waals surface area contributed by atoms with Crippen LogP contribution in [0.15, 0.2) is 36.5 Å². The number of nitrogens with zero attached hydrogens (tertiary/aromatic N) is 1. The SMILES string of the molecule is Cc1cnc(C(N)Cc2ccc(F)cc2)c(C)c1. The van der Waals surface area contributed by atoms with E-state index in [0.29, 0.717) is 6.42 Å². The lowest BCUT2D eigenvalue weighted by atomic mass is 10.00. The van der Waals surface area contributed by atoms with Crippen LogP contribution < -0.4 is 5.73 Å². The second-order valence-electron chi connectivity index (χ2n) is 4.65. The van der Waals surface area contributed by atoms with Gasteiger partial charge in [0.1, 0.15) is 5.82 Å². The molecule has 1 aromatic heterocycles. The molecular formula is C15H17FN2. The Morgan fingerprint density at radius 2 is 1.89 bits per heavy atom. The smallest absolute Gasteiger partial charge is 0.123 e. The number of rotatable bonds is 3. The maximum absolute atomic E-state index is 12.8. The molecule has 0 radical (unpaired) electrons. The summed E-state index contributed by atoms with van der Waals surface area (Å²) in [5.41, 5.74) is 10.3. The minimum Gasteiger partial charge on any atom is -0.322 e. The molecule has 0 amide bonds. The van der Waals surface area contributed by atoms with Crippen LogP contribution in [-0.2, 0) is 6.42 Å². The molecule has 0 saturated carbocycles. The summed E-state index contributed by atoms with van der Waals surface area (Å²) < 4.78 is 12.8. The molecule has 0 aliphatic heterocycles. The van der Waals surface area contributed by atoms with E-state index in [9.17, 15) is 4.39 Å². The first-order valence-electron chi connectivity index (χ1n) is 5.99. The maximum atomic E-state index is 12.8. The van der Waals surface area contributed by atoms with E-state index in [4.69, 9.17) is 5.73 Å². The molecule has 1 atom stereocenters. The van der Waals surface area contributed by atoms with E-state index in [0.717, 1.165) is 22.4 Å². The third-order valence-corrected chi connectivity index (χ3v) is 2.98. The summed E-state index contributed by atoms with van der Waals surface area (Å²) in [5.74, 6) is -0.225. The van der Waals surface area contributed by atoms with E-state index < -0.39 is 0 Å². The second-order valence-corrected chi connectivity index (χ2v) is 4.65. The van der Waals surface area contributed by atoms with Crippen molar-refractivity contribution in [1.82, 2.24) is 4.98 Å². The zero-order chi connectivity index (χ0) is 13.1. The van der Waals surface area contributed by atoms with Gasteiger partial charge in [0.15, 0.2) is 0 Å². The molecular weight excluding hydrogens is 227 g/mol. The Bertz CT molecular complexity index is 535. The molecule has 1 unspecified atom stereocenters. The van der Waals surface area contributed by atoms with Gasteiger partial charge in [-0.15, -0.1) is 0 Å². The summed E-state index contributed by atoms with van der Waals surface area (Å²) in [6.07, 6.45) is 2.49. The molecule has 1 heterocycles. The van der Waals surface area contributed by atoms with Crippen LogP contribution in [0.25, 0.3) is 0 Å². The number of halogens is 1. The molecule has 1 aromatic carbocycles. The standard InChI is InChI=1S/C15H17FN2/c1-10-7-11(2)15(18-9-10)14(17)8-12-3-5-13(16)6-4-12/h3-7,9,14H,8,17H2,1-2H3. The molecule has 94 valence electrons. The maximum Gasteiger partial charge on any atom is 0.123 e. The summed E-state index contributed by atoms with van der Waals surface area (Å²) in [6, 6.07) is 8.36. The Kier molecular flexibility index (Phi) is 3.72. The number of hydrogen-bond donors (Lipinski definition) is 1. The first-order valence-corrected chi connectivity index (χ1v) is 5.99. The van der Waals surface area contributed by atoms with Gasteiger partial charge in [-0.2, -0.15) is 0 Å². The van der Waals surface area contributed by atoms with Gasteiger partial charge < -0.3 is 5.73 Å². The number of hydrogen-bond acceptors (Lipinski definition) is 2. The summed E-state index contributed by atoms with van der Waals surface area (Å²) in [5, 5.41) is 0. The highest BCUT2D eigenvalue weighted by Gasteiger charge is 2.11. The van der Waals surface area contributed by atoms with Crippen LogP contribution in [0.3, 0.4) is 0 Å². The first-order chi connectivity index (χ1) is 8.56. The Labute approximate surface area is 107 Å². The van der Waals surface area contributed by atoms with E-state index in [1.165, 1.54) is 12.1 Å². The molecule has 2 N–H and O–H groups in total. The molecule has 0 aliphatic rings. The highest BCUT2D eigenvalue weighted by molar-refractivity contribution is 5.27. The molecule has 2 rings (SSSR count). The first kappa shape index (κ1) is 12.7. The summed E-state index contributed by atoms with van der Waals surface area (Å²) in [6.45, 7) is 4.02. The zero-order valence-corrected chi connectivity index (χ0v) is 10.7. The van der Waals surface area contributed by atoms with E-state index >= 15 is 0 Å². The summed E-state index contributed by atoms with van der Waals surface area (Å²) in [4.78, 5) is 4.39. The molecule has 2 nitrogen and oxygen atoms in total. The van der Waals surface area contributed by atoms with E-state index in [1.54, 1.807) is 12.1 Å². The minimum atomic E-state index is -0.225. The summed E-state index contributed by atoms with van der Waals surface area (Å²) >= 11 is 0. The third kappa shape index (κ3) is 2.93. The van der Waals surface area contributed by atoms with Crippen molar-refractivity contribution in [1.29, 1.82) is 0 Å². The monoisotopic (exact) mass is 244 g/mol. The van der Waals surface area contributed by atoms with Crippen molar-refractivity contribution in [2.45, 2.75) is 26.3 Å². The molecule has 0 spiro atoms. The predicted molar refractivity (Wildman–Crippen MR) is 70.7 cm³/mol. The van der Waals surface area contributed by atoms with Crippen LogP contribution in [0.2, 0.25) is 0 Å². The van der Waals surface area contributed by atoms with Gasteiger partial charge >= 0.3 is 0 Å². The molecule has 0 saturated heterocycles. The quantitative estimate of drug-likeness (QED) is 0.901. The molecule has 2 aromatic rings. The fraction of sp³-hybridized carbons (Fsp3) is 0.267. The predicted octanol–water partition coefficient (Wildman–Crippen LogP) is 3.08. The van der Waals surface area contributed by atoms with Gasteiger partial charge in [0, 0.05) is 6.20 Å². The topological polar surface area (TPSA) is 38.9 Å².